The SMILES string of the molecule is CC(=O)O.CC(=O)O.CC(=O)O.CC(=O)O.CC(=O)O.CC(=O)O.NCC(N)(N)N. The van der Waals surface area contributed by atoms with Gasteiger partial charge in [-0.25, -0.2) is 0 Å². The lowest BCUT2D eigenvalue weighted by Crippen LogP contribution is -2.63. The first-order chi connectivity index (χ1) is 13.0. The number of carboxylic acids is 6. The maximum Gasteiger partial charge on any atom is 0.300 e. The first-order valence-corrected chi connectivity index (χ1v) is 7.19. The van der Waals surface area contributed by atoms with Crippen molar-refractivity contribution in [1.29, 1.82) is 0 Å². The predicted octanol–water partition coefficient (Wildman–Crippen LogP) is -1.98. The fourth-order valence-electron chi connectivity index (χ4n) is 0. The Morgan fingerprint density at radius 1 is 0.500 bits per heavy atom. The second-order valence-electron chi connectivity index (χ2n) is 4.43. The van der Waals surface area contributed by atoms with Gasteiger partial charge in [-0.15, -0.1) is 0 Å². The standard InChI is InChI=1S/C2H10N4.6C2H4O2/c3-1-2(4,5)6;6*1-2(3)4/h1,3-6H2;6*1H3,(H,3,4). The third-order valence-electron chi connectivity index (χ3n) is 0.354. The quantitative estimate of drug-likeness (QED) is 0.193. The lowest BCUT2D eigenvalue weighted by molar-refractivity contribution is -0.135. The third-order valence-corrected chi connectivity index (χ3v) is 0.354. The summed E-state index contributed by atoms with van der Waals surface area (Å²) in [6, 6.07) is 0. The minimum atomic E-state index is -1.18. The highest BCUT2D eigenvalue weighted by Crippen LogP contribution is 1.62. The van der Waals surface area contributed by atoms with Crippen LogP contribution in [0.5, 0.6) is 0 Å². The molecule has 0 atom stereocenters. The highest BCUT2D eigenvalue weighted by atomic mass is 16.4. The molecule has 0 heterocycles. The molecule has 30 heavy (non-hydrogen) atoms. The average Bonchev–Trinajstić information content (AvgIpc) is 2.33. The zero-order valence-electron chi connectivity index (χ0n) is 17.6. The van der Waals surface area contributed by atoms with Crippen LogP contribution in [0, 0.1) is 0 Å². The van der Waals surface area contributed by atoms with Crippen LogP contribution in [0.15, 0.2) is 0 Å². The number of rotatable bonds is 1. The maximum atomic E-state index is 9.00. The molecule has 0 amide bonds. The van der Waals surface area contributed by atoms with Crippen molar-refractivity contribution in [3.05, 3.63) is 0 Å². The van der Waals surface area contributed by atoms with Crippen molar-refractivity contribution in [2.45, 2.75) is 47.3 Å². The van der Waals surface area contributed by atoms with E-state index >= 15 is 0 Å². The van der Waals surface area contributed by atoms with Gasteiger partial charge in [0, 0.05) is 48.1 Å². The van der Waals surface area contributed by atoms with Crippen molar-refractivity contribution in [3.8, 4) is 0 Å². The zero-order valence-corrected chi connectivity index (χ0v) is 17.6. The summed E-state index contributed by atoms with van der Waals surface area (Å²) in [7, 11) is 0. The van der Waals surface area contributed by atoms with E-state index in [4.69, 9.17) is 82.3 Å². The van der Waals surface area contributed by atoms with Gasteiger partial charge in [0.15, 0.2) is 0 Å². The molecule has 0 spiro atoms. The van der Waals surface area contributed by atoms with Gasteiger partial charge in [-0.1, -0.05) is 0 Å². The Morgan fingerprint density at radius 3 is 0.533 bits per heavy atom. The van der Waals surface area contributed by atoms with Crippen LogP contribution in [0.3, 0.4) is 0 Å². The summed E-state index contributed by atoms with van der Waals surface area (Å²) in [6.45, 7) is 6.60. The minimum Gasteiger partial charge on any atom is -0.481 e. The van der Waals surface area contributed by atoms with Crippen molar-refractivity contribution < 1.29 is 59.4 Å². The van der Waals surface area contributed by atoms with Crippen molar-refractivity contribution in [2.75, 3.05) is 6.54 Å². The molecule has 16 heteroatoms. The fraction of sp³-hybridized carbons (Fsp3) is 0.571. The Morgan fingerprint density at radius 2 is 0.533 bits per heavy atom. The molecular weight excluding hydrogens is 416 g/mol. The van der Waals surface area contributed by atoms with Gasteiger partial charge in [-0.3, -0.25) is 28.8 Å². The lowest BCUT2D eigenvalue weighted by Gasteiger charge is -2.13. The molecule has 0 bridgehead atoms. The highest BCUT2D eigenvalue weighted by molar-refractivity contribution is 5.64. The van der Waals surface area contributed by atoms with Gasteiger partial charge in [0.1, 0.15) is 5.79 Å². The number of carboxylic acid groups (broad SMARTS) is 6. The molecule has 0 aromatic heterocycles. The van der Waals surface area contributed by atoms with Crippen molar-refractivity contribution in [1.82, 2.24) is 0 Å². The van der Waals surface area contributed by atoms with Crippen LogP contribution < -0.4 is 22.9 Å². The van der Waals surface area contributed by atoms with Crippen molar-refractivity contribution in [3.63, 3.8) is 0 Å². The van der Waals surface area contributed by atoms with E-state index in [-0.39, 0.29) is 6.54 Å². The molecule has 0 aliphatic heterocycles. The molecule has 0 aliphatic rings. The Bertz CT molecular complexity index is 359. The lowest BCUT2D eigenvalue weighted by atomic mass is 10.4. The van der Waals surface area contributed by atoms with E-state index in [9.17, 15) is 0 Å². The van der Waals surface area contributed by atoms with Crippen LogP contribution >= 0.6 is 0 Å². The Kier molecular flexibility index (Phi) is 50.4. The number of hydrogen-bond donors (Lipinski definition) is 10. The van der Waals surface area contributed by atoms with Crippen LogP contribution in [0.4, 0.5) is 0 Å². The van der Waals surface area contributed by atoms with Crippen LogP contribution in [-0.4, -0.2) is 78.8 Å². The second-order valence-corrected chi connectivity index (χ2v) is 4.43. The van der Waals surface area contributed by atoms with Crippen LogP contribution in [0.25, 0.3) is 0 Å². The van der Waals surface area contributed by atoms with Crippen LogP contribution in [0.2, 0.25) is 0 Å². The van der Waals surface area contributed by atoms with E-state index in [1.54, 1.807) is 0 Å². The average molecular weight is 450 g/mol. The minimum absolute atomic E-state index is 0.104. The van der Waals surface area contributed by atoms with E-state index in [0.717, 1.165) is 41.5 Å². The van der Waals surface area contributed by atoms with Gasteiger partial charge in [0.2, 0.25) is 0 Å². The van der Waals surface area contributed by atoms with Gasteiger partial charge < -0.3 is 53.6 Å². The third kappa shape index (κ3) is 119000. The van der Waals surface area contributed by atoms with Gasteiger partial charge in [-0.2, -0.15) is 0 Å². The molecule has 0 aliphatic carbocycles. The summed E-state index contributed by atoms with van der Waals surface area (Å²) >= 11 is 0. The molecule has 0 saturated carbocycles. The normalized spacial score (nSPS) is 7.40. The first-order valence-electron chi connectivity index (χ1n) is 7.19. The summed E-state index contributed by atoms with van der Waals surface area (Å²) in [5.74, 6) is -6.18. The summed E-state index contributed by atoms with van der Waals surface area (Å²) in [6.07, 6.45) is 0. The van der Waals surface area contributed by atoms with Gasteiger partial charge in [-0.05, 0) is 0 Å². The van der Waals surface area contributed by atoms with Crippen LogP contribution in [-0.2, 0) is 28.8 Å². The fourth-order valence-corrected chi connectivity index (χ4v) is 0. The van der Waals surface area contributed by atoms with Crippen LogP contribution in [0.1, 0.15) is 41.5 Å². The highest BCUT2D eigenvalue weighted by Gasteiger charge is 2.04. The molecule has 182 valence electrons. The molecule has 0 aromatic rings. The predicted molar refractivity (Wildman–Crippen MR) is 104 cm³/mol. The van der Waals surface area contributed by atoms with E-state index in [2.05, 4.69) is 0 Å². The zero-order chi connectivity index (χ0) is 26.7. The van der Waals surface area contributed by atoms with E-state index < -0.39 is 41.6 Å². The first kappa shape index (κ1) is 45.4. The van der Waals surface area contributed by atoms with E-state index in [1.165, 1.54) is 0 Å². The summed E-state index contributed by atoms with van der Waals surface area (Å²) in [4.78, 5) is 54.0. The Hall–Kier alpha value is -3.34. The Balaban J connectivity index is -0.0000000414. The largest absolute Gasteiger partial charge is 0.481 e. The second kappa shape index (κ2) is 33.3. The van der Waals surface area contributed by atoms with Crippen molar-refractivity contribution in [2.24, 2.45) is 22.9 Å². The topological polar surface area (TPSA) is 328 Å². The van der Waals surface area contributed by atoms with E-state index in [1.807, 2.05) is 0 Å². The molecule has 0 saturated heterocycles. The molecular formula is C14H34N4O12. The number of nitrogens with two attached hydrogens (primary N) is 4. The molecule has 0 unspecified atom stereocenters. The smallest absolute Gasteiger partial charge is 0.300 e. The number of hydrogen-bond acceptors (Lipinski definition) is 10. The summed E-state index contributed by atoms with van der Waals surface area (Å²) < 4.78 is 0. The molecule has 0 fully saturated rings. The van der Waals surface area contributed by atoms with Gasteiger partial charge in [0.25, 0.3) is 35.8 Å². The van der Waals surface area contributed by atoms with E-state index in [0.29, 0.717) is 0 Å². The molecule has 0 radical (unpaired) electrons. The number of aliphatic carboxylic acids is 6. The monoisotopic (exact) mass is 450 g/mol. The molecule has 16 nitrogen and oxygen atoms in total. The van der Waals surface area contributed by atoms with Gasteiger partial charge >= 0.3 is 0 Å². The Labute approximate surface area is 173 Å². The summed E-state index contributed by atoms with van der Waals surface area (Å²) in [5.41, 5.74) is 19.8. The van der Waals surface area contributed by atoms with Crippen molar-refractivity contribution >= 4 is 35.8 Å². The maximum absolute atomic E-state index is 9.00. The number of carbonyl (C=O) groups is 6. The molecule has 0 aromatic carbocycles. The van der Waals surface area contributed by atoms with Gasteiger partial charge in [0.05, 0.1) is 0 Å². The molecule has 14 N–H and O–H groups in total. The summed E-state index contributed by atoms with van der Waals surface area (Å²) in [5, 5.41) is 44.5. The molecule has 0 rings (SSSR count).